The highest BCUT2D eigenvalue weighted by atomic mass is 16.3. The number of nitrogens with zero attached hydrogens (tertiary/aromatic N) is 2. The summed E-state index contributed by atoms with van der Waals surface area (Å²) >= 11 is 0. The smallest absolute Gasteiger partial charge is 0.291 e. The molecule has 1 aliphatic carbocycles. The monoisotopic (exact) mass is 284 g/mol. The molecule has 1 saturated carbocycles. The lowest BCUT2D eigenvalue weighted by Crippen LogP contribution is -2.19. The number of hydrogen-bond donors (Lipinski definition) is 3. The van der Waals surface area contributed by atoms with Crippen molar-refractivity contribution in [2.45, 2.75) is 25.7 Å². The molecule has 1 aromatic heterocycles. The maximum absolute atomic E-state index is 12.0. The van der Waals surface area contributed by atoms with Crippen molar-refractivity contribution in [2.24, 2.45) is 5.10 Å². The molecular weight excluding hydrogens is 268 g/mol. The number of aromatic hydroxyl groups is 1. The summed E-state index contributed by atoms with van der Waals surface area (Å²) < 4.78 is 0. The molecule has 0 spiro atoms. The average molecular weight is 284 g/mol. The van der Waals surface area contributed by atoms with E-state index < -0.39 is 0 Å². The molecule has 0 bridgehead atoms. The first-order valence-electron chi connectivity index (χ1n) is 6.83. The van der Waals surface area contributed by atoms with Gasteiger partial charge < -0.3 is 5.11 Å². The first kappa shape index (κ1) is 13.4. The van der Waals surface area contributed by atoms with Gasteiger partial charge in [-0.3, -0.25) is 9.89 Å². The number of hydrazone groups is 1. The first-order valence-corrected chi connectivity index (χ1v) is 6.83. The van der Waals surface area contributed by atoms with Gasteiger partial charge in [0.25, 0.3) is 5.91 Å². The summed E-state index contributed by atoms with van der Waals surface area (Å²) in [6.07, 6.45) is 2.29. The van der Waals surface area contributed by atoms with Crippen LogP contribution in [0, 0.1) is 0 Å². The molecule has 0 atom stereocenters. The minimum Gasteiger partial charge on any atom is -0.507 e. The van der Waals surface area contributed by atoms with Gasteiger partial charge in [0.2, 0.25) is 0 Å². The Kier molecular flexibility index (Phi) is 3.43. The second-order valence-corrected chi connectivity index (χ2v) is 5.14. The number of carbonyl (C=O) groups excluding carboxylic acids is 1. The summed E-state index contributed by atoms with van der Waals surface area (Å²) in [7, 11) is 0. The summed E-state index contributed by atoms with van der Waals surface area (Å²) in [5, 5.41) is 20.6. The van der Waals surface area contributed by atoms with Crippen LogP contribution in [-0.2, 0) is 0 Å². The van der Waals surface area contributed by atoms with E-state index in [0.717, 1.165) is 18.5 Å². The van der Waals surface area contributed by atoms with E-state index in [2.05, 4.69) is 20.7 Å². The van der Waals surface area contributed by atoms with E-state index in [4.69, 9.17) is 0 Å². The van der Waals surface area contributed by atoms with Gasteiger partial charge in [0.1, 0.15) is 5.75 Å². The molecule has 0 radical (unpaired) electrons. The predicted octanol–water partition coefficient (Wildman–Crippen LogP) is 2.15. The average Bonchev–Trinajstić information content (AvgIpc) is 3.22. The fraction of sp³-hybridized carbons (Fsp3) is 0.267. The molecule has 3 rings (SSSR count). The van der Waals surface area contributed by atoms with Gasteiger partial charge in [0.05, 0.1) is 5.71 Å². The van der Waals surface area contributed by atoms with Crippen LogP contribution < -0.4 is 5.43 Å². The third kappa shape index (κ3) is 2.94. The van der Waals surface area contributed by atoms with E-state index in [0.29, 0.717) is 22.9 Å². The summed E-state index contributed by atoms with van der Waals surface area (Å²) in [5.41, 5.74) is 4.89. The van der Waals surface area contributed by atoms with Crippen LogP contribution in [0.1, 0.15) is 47.4 Å². The topological polar surface area (TPSA) is 90.4 Å². The quantitative estimate of drug-likeness (QED) is 0.593. The van der Waals surface area contributed by atoms with Gasteiger partial charge in [0.15, 0.2) is 5.69 Å². The van der Waals surface area contributed by atoms with Crippen molar-refractivity contribution in [3.05, 3.63) is 47.3 Å². The van der Waals surface area contributed by atoms with Crippen LogP contribution in [-0.4, -0.2) is 26.9 Å². The van der Waals surface area contributed by atoms with Crippen LogP contribution in [0.25, 0.3) is 0 Å². The Hall–Kier alpha value is -2.63. The van der Waals surface area contributed by atoms with Crippen LogP contribution in [0.2, 0.25) is 0 Å². The maximum Gasteiger partial charge on any atom is 0.291 e. The summed E-state index contributed by atoms with van der Waals surface area (Å²) in [5.74, 6) is 0.280. The minimum absolute atomic E-state index is 0.129. The van der Waals surface area contributed by atoms with Gasteiger partial charge >= 0.3 is 0 Å². The summed E-state index contributed by atoms with van der Waals surface area (Å²) in [4.78, 5) is 12.0. The zero-order valence-corrected chi connectivity index (χ0v) is 11.6. The number of H-pyrrole nitrogens is 1. The van der Waals surface area contributed by atoms with E-state index in [1.165, 1.54) is 0 Å². The van der Waals surface area contributed by atoms with Crippen molar-refractivity contribution in [1.29, 1.82) is 0 Å². The molecule has 6 nitrogen and oxygen atoms in total. The fourth-order valence-corrected chi connectivity index (χ4v) is 2.09. The third-order valence-corrected chi connectivity index (χ3v) is 3.47. The number of para-hydroxylation sites is 1. The number of amides is 1. The maximum atomic E-state index is 12.0. The van der Waals surface area contributed by atoms with Crippen molar-refractivity contribution in [3.8, 4) is 5.75 Å². The van der Waals surface area contributed by atoms with Crippen LogP contribution in [0.3, 0.4) is 0 Å². The highest BCUT2D eigenvalue weighted by Gasteiger charge is 2.26. The molecule has 1 amide bonds. The summed E-state index contributed by atoms with van der Waals surface area (Å²) in [6.45, 7) is 1.72. The molecule has 108 valence electrons. The highest BCUT2D eigenvalue weighted by molar-refractivity contribution is 6.02. The lowest BCUT2D eigenvalue weighted by Gasteiger charge is -2.03. The van der Waals surface area contributed by atoms with Crippen LogP contribution >= 0.6 is 0 Å². The summed E-state index contributed by atoms with van der Waals surface area (Å²) in [6, 6.07) is 8.60. The van der Waals surface area contributed by atoms with Gasteiger partial charge in [-0.1, -0.05) is 12.1 Å². The molecule has 0 aliphatic heterocycles. The Bertz CT molecular complexity index is 701. The molecule has 0 saturated heterocycles. The van der Waals surface area contributed by atoms with Gasteiger partial charge in [-0.05, 0) is 38.0 Å². The standard InChI is InChI=1S/C15H16N4O2/c1-9(11-4-2-3-5-14(11)20)16-19-15(21)13-8-12(17-18-13)10-6-7-10/h2-5,8,10,20H,6-7H2,1H3,(H,17,18)(H,19,21). The Labute approximate surface area is 121 Å². The Morgan fingerprint density at radius 3 is 2.90 bits per heavy atom. The van der Waals surface area contributed by atoms with E-state index >= 15 is 0 Å². The Morgan fingerprint density at radius 2 is 2.19 bits per heavy atom. The second kappa shape index (κ2) is 5.40. The lowest BCUT2D eigenvalue weighted by atomic mass is 10.1. The van der Waals surface area contributed by atoms with Crippen molar-refractivity contribution in [3.63, 3.8) is 0 Å². The molecule has 0 unspecified atom stereocenters. The fourth-order valence-electron chi connectivity index (χ4n) is 2.09. The molecular formula is C15H16N4O2. The Morgan fingerprint density at radius 1 is 1.43 bits per heavy atom. The number of phenolic OH excluding ortho intramolecular Hbond substituents is 1. The SMILES string of the molecule is CC(=NNC(=O)c1cc(C2CC2)[nH]n1)c1ccccc1O. The van der Waals surface area contributed by atoms with Crippen molar-refractivity contribution < 1.29 is 9.90 Å². The van der Waals surface area contributed by atoms with Gasteiger partial charge in [-0.15, -0.1) is 0 Å². The van der Waals surface area contributed by atoms with Crippen LogP contribution in [0.15, 0.2) is 35.4 Å². The molecule has 1 fully saturated rings. The van der Waals surface area contributed by atoms with Crippen LogP contribution in [0.5, 0.6) is 5.75 Å². The van der Waals surface area contributed by atoms with Gasteiger partial charge in [0, 0.05) is 17.2 Å². The molecule has 2 aromatic rings. The third-order valence-electron chi connectivity index (χ3n) is 3.47. The van der Waals surface area contributed by atoms with Crippen LogP contribution in [0.4, 0.5) is 0 Å². The van der Waals surface area contributed by atoms with Crippen molar-refractivity contribution in [2.75, 3.05) is 0 Å². The second-order valence-electron chi connectivity index (χ2n) is 5.14. The number of phenols is 1. The number of rotatable bonds is 4. The van der Waals surface area contributed by atoms with E-state index in [9.17, 15) is 9.90 Å². The Balaban J connectivity index is 1.69. The zero-order valence-electron chi connectivity index (χ0n) is 11.6. The normalized spacial score (nSPS) is 15.0. The predicted molar refractivity (Wildman–Crippen MR) is 78.3 cm³/mol. The molecule has 21 heavy (non-hydrogen) atoms. The molecule has 1 heterocycles. The highest BCUT2D eigenvalue weighted by Crippen LogP contribution is 2.38. The van der Waals surface area contributed by atoms with Crippen molar-refractivity contribution >= 4 is 11.6 Å². The lowest BCUT2D eigenvalue weighted by molar-refractivity contribution is 0.0950. The molecule has 1 aliphatic rings. The number of hydrogen-bond acceptors (Lipinski definition) is 4. The number of nitrogens with one attached hydrogen (secondary N) is 2. The number of benzene rings is 1. The molecule has 1 aromatic carbocycles. The zero-order chi connectivity index (χ0) is 14.8. The molecule has 3 N–H and O–H groups in total. The number of carbonyl (C=O) groups is 1. The first-order chi connectivity index (χ1) is 10.1. The van der Waals surface area contributed by atoms with Crippen molar-refractivity contribution in [1.82, 2.24) is 15.6 Å². The van der Waals surface area contributed by atoms with E-state index in [-0.39, 0.29) is 11.7 Å². The largest absolute Gasteiger partial charge is 0.507 e. The van der Waals surface area contributed by atoms with E-state index in [1.54, 1.807) is 37.3 Å². The molecule has 6 heteroatoms. The van der Waals surface area contributed by atoms with E-state index in [1.807, 2.05) is 0 Å². The number of aromatic amines is 1. The number of aromatic nitrogens is 2. The van der Waals surface area contributed by atoms with Gasteiger partial charge in [-0.25, -0.2) is 5.43 Å². The van der Waals surface area contributed by atoms with Gasteiger partial charge in [-0.2, -0.15) is 10.2 Å². The minimum atomic E-state index is -0.368.